The van der Waals surface area contributed by atoms with Crippen molar-refractivity contribution < 1.29 is 19.1 Å². The summed E-state index contributed by atoms with van der Waals surface area (Å²) in [6, 6.07) is 12.6. The van der Waals surface area contributed by atoms with E-state index in [-0.39, 0.29) is 36.2 Å². The SMILES string of the molecule is CCOC(=O)c1ccc(COCc2csc3nc(C(=O)CCc4ccc(Cl)c(C)c4)[nH]c(=O)c23)cc1. The molecule has 2 heterocycles. The summed E-state index contributed by atoms with van der Waals surface area (Å²) in [4.78, 5) is 44.8. The fourth-order valence-corrected chi connectivity index (χ4v) is 4.76. The Labute approximate surface area is 217 Å². The average molecular weight is 525 g/mol. The highest BCUT2D eigenvalue weighted by Crippen LogP contribution is 2.23. The van der Waals surface area contributed by atoms with Crippen molar-refractivity contribution in [3.63, 3.8) is 0 Å². The molecule has 1 N–H and O–H groups in total. The van der Waals surface area contributed by atoms with Crippen LogP contribution in [0.25, 0.3) is 10.2 Å². The summed E-state index contributed by atoms with van der Waals surface area (Å²) in [5, 5.41) is 2.94. The highest BCUT2D eigenvalue weighted by molar-refractivity contribution is 7.16. The lowest BCUT2D eigenvalue weighted by molar-refractivity contribution is 0.0526. The first-order valence-electron chi connectivity index (χ1n) is 11.5. The third-order valence-corrected chi connectivity index (χ3v) is 6.98. The van der Waals surface area contributed by atoms with Crippen LogP contribution in [0.4, 0.5) is 0 Å². The molecule has 0 atom stereocenters. The van der Waals surface area contributed by atoms with E-state index in [1.807, 2.05) is 30.5 Å². The van der Waals surface area contributed by atoms with Crippen molar-refractivity contribution in [2.75, 3.05) is 6.61 Å². The Morgan fingerprint density at radius 3 is 2.56 bits per heavy atom. The number of ether oxygens (including phenoxy) is 2. The zero-order valence-corrected chi connectivity index (χ0v) is 21.5. The van der Waals surface area contributed by atoms with Crippen LogP contribution in [0.3, 0.4) is 0 Å². The Kier molecular flexibility index (Phi) is 8.30. The molecule has 0 saturated carbocycles. The molecule has 0 aliphatic heterocycles. The van der Waals surface area contributed by atoms with Crippen LogP contribution in [-0.2, 0) is 29.1 Å². The van der Waals surface area contributed by atoms with Gasteiger partial charge in [-0.3, -0.25) is 9.59 Å². The number of Topliss-reactive ketones (excluding diaryl/α,β-unsaturated/α-hetero) is 1. The molecule has 0 radical (unpaired) electrons. The fourth-order valence-electron chi connectivity index (χ4n) is 3.71. The van der Waals surface area contributed by atoms with E-state index in [1.54, 1.807) is 31.2 Å². The van der Waals surface area contributed by atoms with Crippen LogP contribution in [0, 0.1) is 6.92 Å². The van der Waals surface area contributed by atoms with Gasteiger partial charge in [0.1, 0.15) is 4.83 Å². The van der Waals surface area contributed by atoms with Gasteiger partial charge in [-0.25, -0.2) is 9.78 Å². The first-order valence-corrected chi connectivity index (χ1v) is 12.7. The van der Waals surface area contributed by atoms with E-state index >= 15 is 0 Å². The highest BCUT2D eigenvalue weighted by Gasteiger charge is 2.16. The number of halogens is 1. The van der Waals surface area contributed by atoms with Crippen molar-refractivity contribution in [3.05, 3.63) is 96.9 Å². The Morgan fingerprint density at radius 1 is 1.08 bits per heavy atom. The van der Waals surface area contributed by atoms with E-state index in [4.69, 9.17) is 21.1 Å². The van der Waals surface area contributed by atoms with Gasteiger partial charge in [-0.05, 0) is 60.5 Å². The van der Waals surface area contributed by atoms with Crippen LogP contribution >= 0.6 is 22.9 Å². The van der Waals surface area contributed by atoms with Crippen LogP contribution < -0.4 is 5.56 Å². The summed E-state index contributed by atoms with van der Waals surface area (Å²) >= 11 is 7.37. The van der Waals surface area contributed by atoms with E-state index in [2.05, 4.69) is 9.97 Å². The zero-order chi connectivity index (χ0) is 25.7. The van der Waals surface area contributed by atoms with Crippen molar-refractivity contribution in [1.29, 1.82) is 0 Å². The van der Waals surface area contributed by atoms with Crippen LogP contribution in [-0.4, -0.2) is 28.3 Å². The number of H-pyrrole nitrogens is 1. The quantitative estimate of drug-likeness (QED) is 0.212. The molecule has 0 aliphatic rings. The average Bonchev–Trinajstić information content (AvgIpc) is 3.28. The molecule has 186 valence electrons. The second kappa shape index (κ2) is 11.6. The Bertz CT molecular complexity index is 1460. The van der Waals surface area contributed by atoms with E-state index in [1.165, 1.54) is 11.3 Å². The maximum absolute atomic E-state index is 12.8. The lowest BCUT2D eigenvalue weighted by atomic mass is 10.0. The molecule has 4 aromatic rings. The van der Waals surface area contributed by atoms with Gasteiger partial charge in [0.05, 0.1) is 30.8 Å². The number of esters is 1. The summed E-state index contributed by atoms with van der Waals surface area (Å²) < 4.78 is 10.8. The van der Waals surface area contributed by atoms with Crippen LogP contribution in [0.15, 0.2) is 52.6 Å². The molecule has 0 aliphatic carbocycles. The van der Waals surface area contributed by atoms with Gasteiger partial charge in [0.25, 0.3) is 5.56 Å². The minimum Gasteiger partial charge on any atom is -0.462 e. The topological polar surface area (TPSA) is 98.3 Å². The molecular weight excluding hydrogens is 500 g/mol. The molecule has 36 heavy (non-hydrogen) atoms. The summed E-state index contributed by atoms with van der Waals surface area (Å²) in [5.74, 6) is -0.521. The van der Waals surface area contributed by atoms with Gasteiger partial charge in [0.2, 0.25) is 0 Å². The van der Waals surface area contributed by atoms with Gasteiger partial charge in [-0.15, -0.1) is 11.3 Å². The Hall–Kier alpha value is -3.33. The van der Waals surface area contributed by atoms with Crippen LogP contribution in [0.2, 0.25) is 5.02 Å². The monoisotopic (exact) mass is 524 g/mol. The number of aryl methyl sites for hydroxylation is 2. The van der Waals surface area contributed by atoms with Gasteiger partial charge in [-0.1, -0.05) is 35.9 Å². The summed E-state index contributed by atoms with van der Waals surface area (Å²) in [7, 11) is 0. The standard InChI is InChI=1S/C27H25ClN2O5S/c1-3-35-27(33)19-8-4-18(5-9-19)13-34-14-20-15-36-26-23(20)25(32)29-24(30-26)22(31)11-7-17-6-10-21(28)16(2)12-17/h4-6,8-10,12,15H,3,7,11,13-14H2,1-2H3,(H,29,30,32). The van der Waals surface area contributed by atoms with Crippen molar-refractivity contribution in [3.8, 4) is 0 Å². The second-order valence-corrected chi connectivity index (χ2v) is 9.54. The minimum atomic E-state index is -0.362. The van der Waals surface area contributed by atoms with Gasteiger partial charge in [-0.2, -0.15) is 0 Å². The number of rotatable bonds is 10. The third kappa shape index (κ3) is 6.07. The van der Waals surface area contributed by atoms with Crippen molar-refractivity contribution >= 4 is 44.9 Å². The molecular formula is C27H25ClN2O5S. The van der Waals surface area contributed by atoms with Gasteiger partial charge >= 0.3 is 5.97 Å². The number of hydrogen-bond donors (Lipinski definition) is 1. The molecule has 0 saturated heterocycles. The number of thiophene rings is 1. The molecule has 2 aromatic heterocycles. The van der Waals surface area contributed by atoms with Gasteiger partial charge in [0, 0.05) is 17.0 Å². The predicted octanol–water partition coefficient (Wildman–Crippen LogP) is 5.66. The van der Waals surface area contributed by atoms with Crippen molar-refractivity contribution in [2.45, 2.75) is 39.9 Å². The second-order valence-electron chi connectivity index (χ2n) is 8.27. The normalized spacial score (nSPS) is 11.1. The largest absolute Gasteiger partial charge is 0.462 e. The molecule has 0 amide bonds. The number of benzene rings is 2. The maximum atomic E-state index is 12.8. The number of nitrogens with one attached hydrogen (secondary N) is 1. The fraction of sp³-hybridized carbons (Fsp3) is 0.259. The van der Waals surface area contributed by atoms with E-state index in [9.17, 15) is 14.4 Å². The predicted molar refractivity (Wildman–Crippen MR) is 140 cm³/mol. The molecule has 4 rings (SSSR count). The van der Waals surface area contributed by atoms with Crippen molar-refractivity contribution in [2.24, 2.45) is 0 Å². The summed E-state index contributed by atoms with van der Waals surface area (Å²) in [6.45, 7) is 4.53. The lowest BCUT2D eigenvalue weighted by Crippen LogP contribution is -2.16. The summed E-state index contributed by atoms with van der Waals surface area (Å²) in [5.41, 5.74) is 3.68. The van der Waals surface area contributed by atoms with E-state index in [0.29, 0.717) is 46.0 Å². The smallest absolute Gasteiger partial charge is 0.338 e. The number of aromatic amines is 1. The minimum absolute atomic E-state index is 0.0641. The summed E-state index contributed by atoms with van der Waals surface area (Å²) in [6.07, 6.45) is 0.759. The number of aromatic nitrogens is 2. The van der Waals surface area contributed by atoms with Crippen LogP contribution in [0.5, 0.6) is 0 Å². The zero-order valence-electron chi connectivity index (χ0n) is 19.9. The van der Waals surface area contributed by atoms with Crippen LogP contribution in [0.1, 0.15) is 56.6 Å². The Balaban J connectivity index is 1.38. The van der Waals surface area contributed by atoms with E-state index < -0.39 is 0 Å². The number of fused-ring (bicyclic) bond motifs is 1. The molecule has 0 fully saturated rings. The molecule has 7 nitrogen and oxygen atoms in total. The van der Waals surface area contributed by atoms with E-state index in [0.717, 1.165) is 16.7 Å². The maximum Gasteiger partial charge on any atom is 0.338 e. The Morgan fingerprint density at radius 2 is 1.83 bits per heavy atom. The first kappa shape index (κ1) is 25.8. The molecule has 0 bridgehead atoms. The number of nitrogens with zero attached hydrogens (tertiary/aromatic N) is 1. The van der Waals surface area contributed by atoms with Gasteiger partial charge in [0.15, 0.2) is 11.6 Å². The van der Waals surface area contributed by atoms with Crippen molar-refractivity contribution in [1.82, 2.24) is 9.97 Å². The lowest BCUT2D eigenvalue weighted by Gasteiger charge is -2.06. The van der Waals surface area contributed by atoms with Gasteiger partial charge < -0.3 is 14.5 Å². The number of ketones is 1. The third-order valence-electron chi connectivity index (χ3n) is 5.64. The molecule has 9 heteroatoms. The highest BCUT2D eigenvalue weighted by atomic mass is 35.5. The molecule has 2 aromatic carbocycles. The number of carbonyl (C=O) groups is 2. The first-order chi connectivity index (χ1) is 17.4. The molecule has 0 spiro atoms. The number of hydrogen-bond acceptors (Lipinski definition) is 7. The molecule has 0 unspecified atom stereocenters. The number of carbonyl (C=O) groups excluding carboxylic acids is 2.